The highest BCUT2D eigenvalue weighted by atomic mass is 32.2. The van der Waals surface area contributed by atoms with Crippen LogP contribution < -0.4 is 4.90 Å². The van der Waals surface area contributed by atoms with E-state index in [0.29, 0.717) is 44.6 Å². The molecule has 8 heteroatoms. The molecule has 2 aliphatic rings. The second kappa shape index (κ2) is 9.65. The first-order chi connectivity index (χ1) is 15.8. The summed E-state index contributed by atoms with van der Waals surface area (Å²) in [4.78, 5) is 15.4. The summed E-state index contributed by atoms with van der Waals surface area (Å²) in [7, 11) is -3.69. The third-order valence-corrected chi connectivity index (χ3v) is 8.73. The molecule has 33 heavy (non-hydrogen) atoms. The van der Waals surface area contributed by atoms with Gasteiger partial charge in [-0.25, -0.2) is 12.8 Å². The molecule has 2 heterocycles. The molecule has 0 bridgehead atoms. The van der Waals surface area contributed by atoms with Crippen LogP contribution in [0.3, 0.4) is 0 Å². The number of rotatable bonds is 4. The molecule has 0 saturated carbocycles. The van der Waals surface area contributed by atoms with Gasteiger partial charge in [0.05, 0.1) is 0 Å². The van der Waals surface area contributed by atoms with Gasteiger partial charge in [-0.3, -0.25) is 4.79 Å². The maximum Gasteiger partial charge on any atom is 0.221 e. The fourth-order valence-corrected chi connectivity index (χ4v) is 6.52. The summed E-state index contributed by atoms with van der Waals surface area (Å²) in [6.45, 7) is 8.24. The average molecular weight is 472 g/mol. The molecule has 2 aliphatic heterocycles. The summed E-state index contributed by atoms with van der Waals surface area (Å²) in [5, 5.41) is -0.669. The number of halogens is 1. The lowest BCUT2D eigenvalue weighted by molar-refractivity contribution is -0.129. The van der Waals surface area contributed by atoms with E-state index in [4.69, 9.17) is 0 Å². The lowest BCUT2D eigenvalue weighted by Gasteiger charge is -2.35. The van der Waals surface area contributed by atoms with Gasteiger partial charge in [-0.05, 0) is 30.5 Å². The summed E-state index contributed by atoms with van der Waals surface area (Å²) >= 11 is 0. The SMILES string of the molecule is C=C1CCC(c2ccccc2)S(=O)(=O)N(Cc2ccc(N3CCN(C(C)=O)CC3)cc2F)C1. The number of sulfonamides is 1. The van der Waals surface area contributed by atoms with Crippen LogP contribution in [-0.2, 0) is 21.4 Å². The minimum absolute atomic E-state index is 0.0328. The van der Waals surface area contributed by atoms with Gasteiger partial charge in [-0.1, -0.05) is 48.6 Å². The van der Waals surface area contributed by atoms with E-state index in [1.54, 1.807) is 17.9 Å². The molecule has 0 radical (unpaired) electrons. The highest BCUT2D eigenvalue weighted by Crippen LogP contribution is 2.36. The zero-order chi connectivity index (χ0) is 23.6. The van der Waals surface area contributed by atoms with E-state index in [1.165, 1.54) is 10.4 Å². The first kappa shape index (κ1) is 23.4. The van der Waals surface area contributed by atoms with Gasteiger partial charge in [0, 0.05) is 57.4 Å². The predicted molar refractivity (Wildman–Crippen MR) is 128 cm³/mol. The van der Waals surface area contributed by atoms with Crippen molar-refractivity contribution in [3.8, 4) is 0 Å². The first-order valence-electron chi connectivity index (χ1n) is 11.2. The molecule has 2 fully saturated rings. The summed E-state index contributed by atoms with van der Waals surface area (Å²) in [6.07, 6.45) is 1.08. The topological polar surface area (TPSA) is 60.9 Å². The molecule has 2 saturated heterocycles. The van der Waals surface area contributed by atoms with Crippen molar-refractivity contribution in [2.75, 3.05) is 37.6 Å². The van der Waals surface area contributed by atoms with Crippen molar-refractivity contribution in [1.29, 1.82) is 0 Å². The van der Waals surface area contributed by atoms with Gasteiger partial charge in [0.15, 0.2) is 0 Å². The maximum absolute atomic E-state index is 15.1. The van der Waals surface area contributed by atoms with Crippen LogP contribution in [0, 0.1) is 5.82 Å². The van der Waals surface area contributed by atoms with Crippen LogP contribution in [0.25, 0.3) is 0 Å². The van der Waals surface area contributed by atoms with E-state index < -0.39 is 21.1 Å². The van der Waals surface area contributed by atoms with Crippen molar-refractivity contribution in [2.24, 2.45) is 0 Å². The molecule has 0 spiro atoms. The fraction of sp³-hybridized carbons (Fsp3) is 0.400. The molecule has 176 valence electrons. The number of anilines is 1. The number of hydrogen-bond acceptors (Lipinski definition) is 4. The molecule has 1 amide bonds. The molecule has 1 atom stereocenters. The molecular formula is C25H30FN3O3S. The third kappa shape index (κ3) is 5.12. The minimum Gasteiger partial charge on any atom is -0.368 e. The Morgan fingerprint density at radius 1 is 1.09 bits per heavy atom. The quantitative estimate of drug-likeness (QED) is 0.638. The second-order valence-electron chi connectivity index (χ2n) is 8.77. The molecule has 2 aromatic rings. The molecule has 0 aliphatic carbocycles. The highest BCUT2D eigenvalue weighted by molar-refractivity contribution is 7.89. The van der Waals surface area contributed by atoms with Crippen molar-refractivity contribution >= 4 is 21.6 Å². The maximum atomic E-state index is 15.1. The van der Waals surface area contributed by atoms with Gasteiger partial charge in [0.1, 0.15) is 11.1 Å². The van der Waals surface area contributed by atoms with Gasteiger partial charge < -0.3 is 9.80 Å². The number of benzene rings is 2. The highest BCUT2D eigenvalue weighted by Gasteiger charge is 2.36. The normalized spacial score (nSPS) is 21.6. The molecule has 2 aromatic carbocycles. The lowest BCUT2D eigenvalue weighted by atomic mass is 10.0. The Morgan fingerprint density at radius 3 is 2.42 bits per heavy atom. The van der Waals surface area contributed by atoms with Crippen LogP contribution >= 0.6 is 0 Å². The largest absolute Gasteiger partial charge is 0.368 e. The number of carbonyl (C=O) groups is 1. The lowest BCUT2D eigenvalue weighted by Crippen LogP contribution is -2.48. The van der Waals surface area contributed by atoms with Crippen LogP contribution in [0.5, 0.6) is 0 Å². The van der Waals surface area contributed by atoms with Crippen molar-refractivity contribution in [1.82, 2.24) is 9.21 Å². The van der Waals surface area contributed by atoms with Crippen LogP contribution in [-0.4, -0.2) is 56.3 Å². The zero-order valence-electron chi connectivity index (χ0n) is 18.9. The number of amides is 1. The summed E-state index contributed by atoms with van der Waals surface area (Å²) in [5.74, 6) is -0.381. The number of carbonyl (C=O) groups excluding carboxylic acids is 1. The molecule has 6 nitrogen and oxygen atoms in total. The van der Waals surface area contributed by atoms with Crippen LogP contribution in [0.4, 0.5) is 10.1 Å². The Morgan fingerprint density at radius 2 is 1.79 bits per heavy atom. The van der Waals surface area contributed by atoms with Gasteiger partial charge in [-0.15, -0.1) is 0 Å². The monoisotopic (exact) mass is 471 g/mol. The molecule has 0 aromatic heterocycles. The van der Waals surface area contributed by atoms with E-state index in [1.807, 2.05) is 41.3 Å². The smallest absolute Gasteiger partial charge is 0.221 e. The van der Waals surface area contributed by atoms with Gasteiger partial charge in [0.2, 0.25) is 15.9 Å². The van der Waals surface area contributed by atoms with Crippen LogP contribution in [0.2, 0.25) is 0 Å². The Balaban J connectivity index is 1.53. The van der Waals surface area contributed by atoms with Crippen molar-refractivity contribution in [3.63, 3.8) is 0 Å². The molecule has 0 N–H and O–H groups in total. The van der Waals surface area contributed by atoms with Crippen LogP contribution in [0.15, 0.2) is 60.7 Å². The summed E-state index contributed by atoms with van der Waals surface area (Å²) in [6, 6.07) is 14.2. The van der Waals surface area contributed by atoms with E-state index in [2.05, 4.69) is 6.58 Å². The fourth-order valence-electron chi connectivity index (χ4n) is 4.57. The molecule has 4 rings (SSSR count). The average Bonchev–Trinajstić information content (AvgIpc) is 2.91. The Bertz CT molecular complexity index is 1130. The number of hydrogen-bond donors (Lipinski definition) is 0. The van der Waals surface area contributed by atoms with E-state index in [0.717, 1.165) is 16.8 Å². The Labute approximate surface area is 195 Å². The molecular weight excluding hydrogens is 441 g/mol. The number of piperazine rings is 1. The van der Waals surface area contributed by atoms with E-state index in [-0.39, 0.29) is 19.0 Å². The van der Waals surface area contributed by atoms with Crippen LogP contribution in [0.1, 0.15) is 36.1 Å². The Hall–Kier alpha value is -2.71. The molecule has 1 unspecified atom stereocenters. The third-order valence-electron chi connectivity index (χ3n) is 6.52. The van der Waals surface area contributed by atoms with Gasteiger partial charge in [0.25, 0.3) is 0 Å². The second-order valence-corrected chi connectivity index (χ2v) is 10.9. The van der Waals surface area contributed by atoms with E-state index in [9.17, 15) is 13.2 Å². The van der Waals surface area contributed by atoms with Crippen molar-refractivity contribution < 1.29 is 17.6 Å². The number of nitrogens with zero attached hydrogens (tertiary/aromatic N) is 3. The predicted octanol–water partition coefficient (Wildman–Crippen LogP) is 3.72. The Kier molecular flexibility index (Phi) is 6.86. The van der Waals surface area contributed by atoms with Gasteiger partial charge in [-0.2, -0.15) is 4.31 Å². The standard InChI is InChI=1S/C25H30FN3O3S/c1-19-8-11-25(21-6-4-3-5-7-21)33(31,32)29(17-19)18-22-9-10-23(16-24(22)26)28-14-12-27(13-15-28)20(2)30/h3-7,9-10,16,25H,1,8,11-15,17-18H2,2H3. The van der Waals surface area contributed by atoms with Gasteiger partial charge >= 0.3 is 0 Å². The summed E-state index contributed by atoms with van der Waals surface area (Å²) in [5.41, 5.74) is 2.66. The van der Waals surface area contributed by atoms with Crippen molar-refractivity contribution in [2.45, 2.75) is 31.6 Å². The van der Waals surface area contributed by atoms with E-state index >= 15 is 4.39 Å². The minimum atomic E-state index is -3.69. The summed E-state index contributed by atoms with van der Waals surface area (Å²) < 4.78 is 43.5. The first-order valence-corrected chi connectivity index (χ1v) is 12.8. The zero-order valence-corrected chi connectivity index (χ0v) is 19.7. The van der Waals surface area contributed by atoms with Crippen molar-refractivity contribution in [3.05, 3.63) is 77.6 Å².